The van der Waals surface area contributed by atoms with Gasteiger partial charge in [-0.25, -0.2) is 15.0 Å². The summed E-state index contributed by atoms with van der Waals surface area (Å²) in [6.07, 6.45) is 0. The van der Waals surface area contributed by atoms with Crippen molar-refractivity contribution < 1.29 is 9.15 Å². The van der Waals surface area contributed by atoms with Gasteiger partial charge in [0.1, 0.15) is 22.7 Å². The number of hydrogen-bond acceptors (Lipinski definition) is 5. The third-order valence-corrected chi connectivity index (χ3v) is 11.6. The Morgan fingerprint density at radius 1 is 0.351 bits per heavy atom. The van der Waals surface area contributed by atoms with Crippen molar-refractivity contribution in [3.8, 4) is 67.9 Å². The third-order valence-electron chi connectivity index (χ3n) is 11.6. The second-order valence-electron chi connectivity index (χ2n) is 14.7. The lowest BCUT2D eigenvalue weighted by atomic mass is 9.66. The lowest BCUT2D eigenvalue weighted by Crippen LogP contribution is -2.32. The maximum absolute atomic E-state index is 6.71. The zero-order valence-corrected chi connectivity index (χ0v) is 30.6. The van der Waals surface area contributed by atoms with Crippen LogP contribution >= 0.6 is 0 Å². The molecule has 0 unspecified atom stereocenters. The molecule has 1 aliphatic carbocycles. The maximum atomic E-state index is 6.71. The van der Waals surface area contributed by atoms with Crippen LogP contribution in [0.4, 0.5) is 0 Å². The molecule has 5 heteroatoms. The first-order valence-corrected chi connectivity index (χ1v) is 19.2. The molecule has 2 aromatic heterocycles. The number of para-hydroxylation sites is 2. The largest absolute Gasteiger partial charge is 0.457 e. The Labute approximate surface area is 328 Å². The summed E-state index contributed by atoms with van der Waals surface area (Å²) in [5.74, 6) is 3.61. The second-order valence-corrected chi connectivity index (χ2v) is 14.7. The normalized spacial score (nSPS) is 13.2. The van der Waals surface area contributed by atoms with Crippen LogP contribution in [0.15, 0.2) is 192 Å². The molecule has 0 saturated carbocycles. The van der Waals surface area contributed by atoms with Crippen LogP contribution in [0.25, 0.3) is 78.4 Å². The molecule has 1 spiro atoms. The second kappa shape index (κ2) is 12.2. The number of benzene rings is 8. The number of furan rings is 1. The lowest BCUT2D eigenvalue weighted by molar-refractivity contribution is 0.436. The van der Waals surface area contributed by atoms with E-state index in [0.717, 1.165) is 72.4 Å². The predicted molar refractivity (Wildman–Crippen MR) is 226 cm³/mol. The molecule has 57 heavy (non-hydrogen) atoms. The minimum Gasteiger partial charge on any atom is -0.457 e. The Balaban J connectivity index is 1.01. The highest BCUT2D eigenvalue weighted by atomic mass is 16.5. The predicted octanol–water partition coefficient (Wildman–Crippen LogP) is 12.9. The maximum Gasteiger partial charge on any atom is 0.164 e. The van der Waals surface area contributed by atoms with Gasteiger partial charge in [-0.2, -0.15) is 0 Å². The summed E-state index contributed by atoms with van der Waals surface area (Å²) in [4.78, 5) is 14.8. The SMILES string of the molecule is c1ccc(-c2nc(-c3ccccc3)nc(-c3ccc4c(c3)oc3cc(-c5cccc6c5-c5ccccc5C65c6ccccc6Oc6ccccc65)ccc34)n2)cc1. The Hall–Kier alpha value is -7.63. The van der Waals surface area contributed by atoms with Crippen LogP contribution in [-0.4, -0.2) is 15.0 Å². The number of hydrogen-bond donors (Lipinski definition) is 0. The van der Waals surface area contributed by atoms with E-state index in [9.17, 15) is 0 Å². The van der Waals surface area contributed by atoms with Crippen LogP contribution in [-0.2, 0) is 5.41 Å². The molecule has 0 saturated heterocycles. The van der Waals surface area contributed by atoms with Gasteiger partial charge in [0.05, 0.1) is 5.41 Å². The molecule has 266 valence electrons. The first-order valence-electron chi connectivity index (χ1n) is 19.2. The van der Waals surface area contributed by atoms with E-state index in [0.29, 0.717) is 17.5 Å². The molecule has 2 aliphatic rings. The van der Waals surface area contributed by atoms with E-state index in [4.69, 9.17) is 24.1 Å². The van der Waals surface area contributed by atoms with Gasteiger partial charge >= 0.3 is 0 Å². The molecule has 0 atom stereocenters. The fourth-order valence-corrected chi connectivity index (χ4v) is 9.16. The van der Waals surface area contributed by atoms with Crippen molar-refractivity contribution in [2.75, 3.05) is 0 Å². The van der Waals surface area contributed by atoms with E-state index < -0.39 is 5.41 Å². The Morgan fingerprint density at radius 3 is 1.46 bits per heavy atom. The fraction of sp³-hybridized carbons (Fsp3) is 0.0192. The first-order chi connectivity index (χ1) is 28.2. The highest BCUT2D eigenvalue weighted by molar-refractivity contribution is 6.07. The molecule has 0 amide bonds. The zero-order valence-electron chi connectivity index (χ0n) is 30.6. The van der Waals surface area contributed by atoms with Gasteiger partial charge in [-0.3, -0.25) is 0 Å². The van der Waals surface area contributed by atoms with Crippen LogP contribution in [0.1, 0.15) is 22.3 Å². The van der Waals surface area contributed by atoms with Gasteiger partial charge in [-0.1, -0.05) is 152 Å². The Morgan fingerprint density at radius 2 is 0.825 bits per heavy atom. The van der Waals surface area contributed by atoms with Crippen molar-refractivity contribution in [2.24, 2.45) is 0 Å². The lowest BCUT2D eigenvalue weighted by Gasteiger charge is -2.39. The summed E-state index contributed by atoms with van der Waals surface area (Å²) in [5.41, 5.74) is 13.3. The standard InChI is InChI=1S/C52H31N3O2/c1-3-14-32(15-4-1)49-53-50(33-16-5-2-6-17-33)55-51(54-49)35-27-29-38-37-28-26-34(30-46(37)57-47(38)31-35)36-19-13-23-43-48(36)39-18-7-8-20-40(39)52(43)41-21-9-11-24-44(41)56-45-25-12-10-22-42(45)52/h1-31H. The molecule has 5 nitrogen and oxygen atoms in total. The van der Waals surface area contributed by atoms with Crippen molar-refractivity contribution in [3.63, 3.8) is 0 Å². The average Bonchev–Trinajstić information content (AvgIpc) is 3.80. The van der Waals surface area contributed by atoms with E-state index in [2.05, 4.69) is 121 Å². The molecule has 0 radical (unpaired) electrons. The van der Waals surface area contributed by atoms with Crippen molar-refractivity contribution in [2.45, 2.75) is 5.41 Å². The molecule has 1 aliphatic heterocycles. The van der Waals surface area contributed by atoms with Crippen LogP contribution in [0.3, 0.4) is 0 Å². The van der Waals surface area contributed by atoms with Crippen molar-refractivity contribution >= 4 is 21.9 Å². The van der Waals surface area contributed by atoms with Crippen LogP contribution in [0.2, 0.25) is 0 Å². The quantitative estimate of drug-likeness (QED) is 0.180. The summed E-state index contributed by atoms with van der Waals surface area (Å²) < 4.78 is 13.3. The molecular weight excluding hydrogens is 699 g/mol. The minimum absolute atomic E-state index is 0.525. The number of fused-ring (bicyclic) bond motifs is 12. The number of ether oxygens (including phenoxy) is 1. The molecule has 12 rings (SSSR count). The molecule has 0 fully saturated rings. The Bertz CT molecular complexity index is 3120. The highest BCUT2D eigenvalue weighted by Gasteiger charge is 2.51. The van der Waals surface area contributed by atoms with Gasteiger partial charge in [0.25, 0.3) is 0 Å². The van der Waals surface area contributed by atoms with E-state index in [-0.39, 0.29) is 0 Å². The Kier molecular flexibility index (Phi) is 6.78. The fourth-order valence-electron chi connectivity index (χ4n) is 9.16. The van der Waals surface area contributed by atoms with Crippen LogP contribution < -0.4 is 4.74 Å². The number of aromatic nitrogens is 3. The summed E-state index contributed by atoms with van der Waals surface area (Å²) >= 11 is 0. The van der Waals surface area contributed by atoms with Gasteiger partial charge in [0, 0.05) is 38.6 Å². The summed E-state index contributed by atoms with van der Waals surface area (Å²) in [6.45, 7) is 0. The monoisotopic (exact) mass is 729 g/mol. The third kappa shape index (κ3) is 4.66. The summed E-state index contributed by atoms with van der Waals surface area (Å²) in [7, 11) is 0. The molecule has 0 bridgehead atoms. The van der Waals surface area contributed by atoms with E-state index in [1.807, 2.05) is 66.7 Å². The molecule has 8 aromatic carbocycles. The highest BCUT2D eigenvalue weighted by Crippen LogP contribution is 2.63. The number of rotatable bonds is 4. The van der Waals surface area contributed by atoms with Crippen molar-refractivity contribution in [3.05, 3.63) is 210 Å². The smallest absolute Gasteiger partial charge is 0.164 e. The molecule has 0 N–H and O–H groups in total. The van der Waals surface area contributed by atoms with Gasteiger partial charge in [0.15, 0.2) is 17.5 Å². The molecule has 3 heterocycles. The van der Waals surface area contributed by atoms with Crippen LogP contribution in [0.5, 0.6) is 11.5 Å². The molecular formula is C52H31N3O2. The number of nitrogens with zero attached hydrogens (tertiary/aromatic N) is 3. The van der Waals surface area contributed by atoms with Gasteiger partial charge in [-0.15, -0.1) is 0 Å². The van der Waals surface area contributed by atoms with Gasteiger partial charge < -0.3 is 9.15 Å². The van der Waals surface area contributed by atoms with Crippen LogP contribution in [0, 0.1) is 0 Å². The molecule has 10 aromatic rings. The van der Waals surface area contributed by atoms with E-state index in [1.54, 1.807) is 0 Å². The van der Waals surface area contributed by atoms with Gasteiger partial charge in [0.2, 0.25) is 0 Å². The summed E-state index contributed by atoms with van der Waals surface area (Å²) in [6, 6.07) is 65.5. The van der Waals surface area contributed by atoms with Gasteiger partial charge in [-0.05, 0) is 69.8 Å². The topological polar surface area (TPSA) is 61.0 Å². The van der Waals surface area contributed by atoms with Crippen molar-refractivity contribution in [1.29, 1.82) is 0 Å². The van der Waals surface area contributed by atoms with Crippen molar-refractivity contribution in [1.82, 2.24) is 15.0 Å². The first kappa shape index (κ1) is 31.7. The zero-order chi connectivity index (χ0) is 37.5. The summed E-state index contributed by atoms with van der Waals surface area (Å²) in [5, 5.41) is 2.10. The van der Waals surface area contributed by atoms with E-state index >= 15 is 0 Å². The minimum atomic E-state index is -0.525. The average molecular weight is 730 g/mol. The van der Waals surface area contributed by atoms with E-state index in [1.165, 1.54) is 22.3 Å².